The maximum Gasteiger partial charge on any atom is 0.0730 e. The molecular weight excluding hydrogens is 334 g/mol. The van der Waals surface area contributed by atoms with Gasteiger partial charge in [0, 0.05) is 28.8 Å². The molecule has 3 aromatic carbocycles. The van der Waals surface area contributed by atoms with Gasteiger partial charge in [-0.05, 0) is 42.3 Å². The highest BCUT2D eigenvalue weighted by Crippen LogP contribution is 2.33. The molecule has 0 amide bonds. The third-order valence-corrected chi connectivity index (χ3v) is 4.49. The summed E-state index contributed by atoms with van der Waals surface area (Å²) in [5, 5.41) is 5.76. The largest absolute Gasteiger partial charge is 0.399 e. The number of rotatable bonds is 6. The highest BCUT2D eigenvalue weighted by molar-refractivity contribution is 6.08. The van der Waals surface area contributed by atoms with Crippen molar-refractivity contribution in [2.75, 3.05) is 17.7 Å². The summed E-state index contributed by atoms with van der Waals surface area (Å²) in [5.41, 5.74) is 11.8. The lowest BCUT2D eigenvalue weighted by Crippen LogP contribution is -2.00. The number of hydrogen-bond donors (Lipinski definition) is 2. The molecule has 1 aromatic heterocycles. The normalized spacial score (nSPS) is 11.1. The van der Waals surface area contributed by atoms with Crippen LogP contribution in [0.1, 0.15) is 18.9 Å². The van der Waals surface area contributed by atoms with Gasteiger partial charge in [0.1, 0.15) is 0 Å². The Balaban J connectivity index is 1.78. The monoisotopic (exact) mass is 357 g/mol. The van der Waals surface area contributed by atoms with Crippen LogP contribution in [0.4, 0.5) is 17.1 Å². The number of nitrogens with two attached hydrogens (primary N) is 1. The van der Waals surface area contributed by atoms with Crippen molar-refractivity contribution in [2.45, 2.75) is 20.0 Å². The minimum Gasteiger partial charge on any atom is -0.399 e. The zero-order chi connectivity index (χ0) is 18.6. The lowest BCUT2D eigenvalue weighted by molar-refractivity contribution is 0.121. The molecule has 0 aliphatic heterocycles. The molecule has 3 N–H and O–H groups in total. The van der Waals surface area contributed by atoms with Crippen LogP contribution in [-0.4, -0.2) is 11.6 Å². The summed E-state index contributed by atoms with van der Waals surface area (Å²) in [6.07, 6.45) is 1.00. The van der Waals surface area contributed by atoms with Gasteiger partial charge < -0.3 is 15.8 Å². The van der Waals surface area contributed by atoms with Crippen molar-refractivity contribution in [1.29, 1.82) is 0 Å². The van der Waals surface area contributed by atoms with Crippen LogP contribution in [0.15, 0.2) is 66.7 Å². The second kappa shape index (κ2) is 7.64. The van der Waals surface area contributed by atoms with Crippen LogP contribution in [0.25, 0.3) is 21.8 Å². The highest BCUT2D eigenvalue weighted by Gasteiger charge is 2.10. The quantitative estimate of drug-likeness (QED) is 0.266. The molecule has 0 unspecified atom stereocenters. The Labute approximate surface area is 159 Å². The van der Waals surface area contributed by atoms with Crippen LogP contribution in [0.5, 0.6) is 0 Å². The minimum absolute atomic E-state index is 0.561. The SMILES string of the molecule is CCCOCc1cc(N)cc(Nc2c3ccccc3nc3ccccc23)c1. The topological polar surface area (TPSA) is 60.2 Å². The predicted molar refractivity (Wildman–Crippen MR) is 113 cm³/mol. The molecule has 0 saturated heterocycles. The first-order chi connectivity index (χ1) is 13.2. The molecule has 0 aliphatic rings. The maximum absolute atomic E-state index is 6.13. The summed E-state index contributed by atoms with van der Waals surface area (Å²) < 4.78 is 5.68. The first-order valence-electron chi connectivity index (χ1n) is 9.26. The summed E-state index contributed by atoms with van der Waals surface area (Å²) in [6, 6.07) is 22.4. The standard InChI is InChI=1S/C23H23N3O/c1-2-11-27-15-16-12-17(24)14-18(13-16)25-23-19-7-3-5-9-21(19)26-22-10-6-4-8-20(22)23/h3-10,12-14H,2,11,15,24H2,1H3,(H,25,26). The fourth-order valence-corrected chi connectivity index (χ4v) is 3.33. The van der Waals surface area contributed by atoms with Crippen molar-refractivity contribution in [2.24, 2.45) is 0 Å². The third-order valence-electron chi connectivity index (χ3n) is 4.49. The molecule has 0 aliphatic carbocycles. The van der Waals surface area contributed by atoms with Crippen molar-refractivity contribution >= 4 is 38.9 Å². The molecule has 4 rings (SSSR count). The molecule has 0 spiro atoms. The molecule has 0 radical (unpaired) electrons. The molecule has 4 heteroatoms. The first-order valence-corrected chi connectivity index (χ1v) is 9.26. The van der Waals surface area contributed by atoms with Crippen molar-refractivity contribution in [3.05, 3.63) is 72.3 Å². The van der Waals surface area contributed by atoms with Gasteiger partial charge in [0.05, 0.1) is 23.3 Å². The molecule has 1 heterocycles. The van der Waals surface area contributed by atoms with E-state index in [4.69, 9.17) is 15.5 Å². The van der Waals surface area contributed by atoms with E-state index in [0.29, 0.717) is 6.61 Å². The van der Waals surface area contributed by atoms with E-state index in [2.05, 4.69) is 30.4 Å². The van der Waals surface area contributed by atoms with E-state index in [0.717, 1.165) is 57.5 Å². The number of nitrogens with one attached hydrogen (secondary N) is 1. The molecule has 4 aromatic rings. The van der Waals surface area contributed by atoms with E-state index in [1.165, 1.54) is 0 Å². The van der Waals surface area contributed by atoms with Gasteiger partial charge in [-0.2, -0.15) is 0 Å². The Bertz CT molecular complexity index is 1040. The van der Waals surface area contributed by atoms with Gasteiger partial charge in [0.25, 0.3) is 0 Å². The number of nitrogens with zero attached hydrogens (tertiary/aromatic N) is 1. The number of anilines is 3. The van der Waals surface area contributed by atoms with E-state index < -0.39 is 0 Å². The highest BCUT2D eigenvalue weighted by atomic mass is 16.5. The van der Waals surface area contributed by atoms with Crippen LogP contribution < -0.4 is 11.1 Å². The van der Waals surface area contributed by atoms with Gasteiger partial charge in [0.2, 0.25) is 0 Å². The van der Waals surface area contributed by atoms with Crippen molar-refractivity contribution in [3.63, 3.8) is 0 Å². The van der Waals surface area contributed by atoms with Crippen LogP contribution >= 0.6 is 0 Å². The Hall–Kier alpha value is -3.11. The number of para-hydroxylation sites is 2. The van der Waals surface area contributed by atoms with E-state index in [9.17, 15) is 0 Å². The van der Waals surface area contributed by atoms with Gasteiger partial charge in [-0.3, -0.25) is 0 Å². The number of fused-ring (bicyclic) bond motifs is 2. The predicted octanol–water partition coefficient (Wildman–Crippen LogP) is 5.64. The van der Waals surface area contributed by atoms with Crippen LogP contribution in [0.2, 0.25) is 0 Å². The molecule has 27 heavy (non-hydrogen) atoms. The summed E-state index contributed by atoms with van der Waals surface area (Å²) in [5.74, 6) is 0. The second-order valence-corrected chi connectivity index (χ2v) is 6.66. The van der Waals surface area contributed by atoms with E-state index >= 15 is 0 Å². The van der Waals surface area contributed by atoms with Crippen LogP contribution in [0.3, 0.4) is 0 Å². The Morgan fingerprint density at radius 3 is 2.26 bits per heavy atom. The van der Waals surface area contributed by atoms with Crippen molar-refractivity contribution in [3.8, 4) is 0 Å². The van der Waals surface area contributed by atoms with Crippen molar-refractivity contribution < 1.29 is 4.74 Å². The van der Waals surface area contributed by atoms with Gasteiger partial charge in [-0.15, -0.1) is 0 Å². The average molecular weight is 357 g/mol. The Morgan fingerprint density at radius 2 is 1.59 bits per heavy atom. The molecule has 0 saturated carbocycles. The Morgan fingerprint density at radius 1 is 0.926 bits per heavy atom. The number of hydrogen-bond acceptors (Lipinski definition) is 4. The average Bonchev–Trinajstić information content (AvgIpc) is 2.68. The Kier molecular flexibility index (Phi) is 4.90. The van der Waals surface area contributed by atoms with E-state index in [-0.39, 0.29) is 0 Å². The molecule has 4 nitrogen and oxygen atoms in total. The molecule has 0 bridgehead atoms. The van der Waals surface area contributed by atoms with Gasteiger partial charge in [0.15, 0.2) is 0 Å². The van der Waals surface area contributed by atoms with Gasteiger partial charge in [-0.1, -0.05) is 43.3 Å². The summed E-state index contributed by atoms with van der Waals surface area (Å²) in [4.78, 5) is 4.78. The fourth-order valence-electron chi connectivity index (χ4n) is 3.33. The second-order valence-electron chi connectivity index (χ2n) is 6.66. The number of aromatic nitrogens is 1. The number of nitrogen functional groups attached to an aromatic ring is 1. The minimum atomic E-state index is 0.561. The summed E-state index contributed by atoms with van der Waals surface area (Å²) >= 11 is 0. The van der Waals surface area contributed by atoms with E-state index in [1.807, 2.05) is 48.5 Å². The molecule has 0 fully saturated rings. The van der Waals surface area contributed by atoms with Gasteiger partial charge in [-0.25, -0.2) is 4.98 Å². The number of benzene rings is 3. The molecule has 136 valence electrons. The zero-order valence-electron chi connectivity index (χ0n) is 15.4. The first kappa shape index (κ1) is 17.3. The molecular formula is C23H23N3O. The van der Waals surface area contributed by atoms with Crippen LogP contribution in [-0.2, 0) is 11.3 Å². The smallest absolute Gasteiger partial charge is 0.0730 e. The zero-order valence-corrected chi connectivity index (χ0v) is 15.4. The summed E-state index contributed by atoms with van der Waals surface area (Å²) in [6.45, 7) is 3.41. The van der Waals surface area contributed by atoms with E-state index in [1.54, 1.807) is 0 Å². The number of ether oxygens (including phenoxy) is 1. The third kappa shape index (κ3) is 3.71. The van der Waals surface area contributed by atoms with Crippen molar-refractivity contribution in [1.82, 2.24) is 4.98 Å². The lowest BCUT2D eigenvalue weighted by atomic mass is 10.1. The fraction of sp³-hybridized carbons (Fsp3) is 0.174. The maximum atomic E-state index is 6.13. The molecule has 0 atom stereocenters. The summed E-state index contributed by atoms with van der Waals surface area (Å²) in [7, 11) is 0. The van der Waals surface area contributed by atoms with Crippen LogP contribution in [0, 0.1) is 0 Å². The lowest BCUT2D eigenvalue weighted by Gasteiger charge is -2.15. The van der Waals surface area contributed by atoms with Gasteiger partial charge >= 0.3 is 0 Å². The number of pyridine rings is 1.